The summed E-state index contributed by atoms with van der Waals surface area (Å²) in [7, 11) is 0. The van der Waals surface area contributed by atoms with Gasteiger partial charge >= 0.3 is 5.97 Å². The van der Waals surface area contributed by atoms with Gasteiger partial charge in [0.05, 0.1) is 0 Å². The molecule has 0 rings (SSSR count). The van der Waals surface area contributed by atoms with E-state index < -0.39 is 5.97 Å². The van der Waals surface area contributed by atoms with E-state index in [0.717, 1.165) is 0 Å². The molecule has 0 bridgehead atoms. The lowest BCUT2D eigenvalue weighted by Gasteiger charge is -2.14. The molecule has 1 amide bonds. The first-order chi connectivity index (χ1) is 5.93. The third-order valence-electron chi connectivity index (χ3n) is 1.71. The van der Waals surface area contributed by atoms with Gasteiger partial charge < -0.3 is 16.2 Å². The van der Waals surface area contributed by atoms with Crippen molar-refractivity contribution in [3.05, 3.63) is 0 Å². The molecule has 0 radical (unpaired) electrons. The Balaban J connectivity index is 3.68. The molecule has 0 spiro atoms. The molecule has 4 N–H and O–H groups in total. The van der Waals surface area contributed by atoms with E-state index in [9.17, 15) is 9.59 Å². The zero-order valence-corrected chi connectivity index (χ0v) is 7.91. The van der Waals surface area contributed by atoms with E-state index in [1.54, 1.807) is 0 Å². The summed E-state index contributed by atoms with van der Waals surface area (Å²) in [6.45, 7) is 3.48. The summed E-state index contributed by atoms with van der Waals surface area (Å²) < 4.78 is 0. The summed E-state index contributed by atoms with van der Waals surface area (Å²) in [5.41, 5.74) is 5.62. The summed E-state index contributed by atoms with van der Waals surface area (Å²) in [5.74, 6) is -1.15. The van der Waals surface area contributed by atoms with Gasteiger partial charge in [0.1, 0.15) is 6.54 Å². The van der Waals surface area contributed by atoms with Crippen LogP contribution in [0.3, 0.4) is 0 Å². The number of carbonyl (C=O) groups excluding carboxylic acids is 1. The number of nitrogens with one attached hydrogen (secondary N) is 1. The van der Waals surface area contributed by atoms with Crippen molar-refractivity contribution in [2.75, 3.05) is 6.54 Å². The minimum Gasteiger partial charge on any atom is -0.480 e. The Morgan fingerprint density at radius 3 is 2.38 bits per heavy atom. The lowest BCUT2D eigenvalue weighted by molar-refractivity contribution is -0.138. The van der Waals surface area contributed by atoms with Crippen molar-refractivity contribution in [1.29, 1.82) is 0 Å². The molecule has 0 aromatic carbocycles. The minimum absolute atomic E-state index is 0.172. The Labute approximate surface area is 77.3 Å². The monoisotopic (exact) mass is 188 g/mol. The summed E-state index contributed by atoms with van der Waals surface area (Å²) in [6, 6.07) is -0.214. The second kappa shape index (κ2) is 5.53. The topological polar surface area (TPSA) is 92.4 Å². The first kappa shape index (κ1) is 11.9. The fourth-order valence-electron chi connectivity index (χ4n) is 0.696. The van der Waals surface area contributed by atoms with Gasteiger partial charge in [-0.3, -0.25) is 9.59 Å². The molecule has 0 aliphatic heterocycles. The molecule has 0 saturated heterocycles. The highest BCUT2D eigenvalue weighted by molar-refractivity contribution is 5.81. The lowest BCUT2D eigenvalue weighted by atomic mass is 10.0. The van der Waals surface area contributed by atoms with Crippen LogP contribution in [0, 0.1) is 5.92 Å². The number of amides is 1. The maximum Gasteiger partial charge on any atom is 0.322 e. The third kappa shape index (κ3) is 6.10. The first-order valence-corrected chi connectivity index (χ1v) is 4.17. The summed E-state index contributed by atoms with van der Waals surface area (Å²) in [4.78, 5) is 21.1. The number of hydrogen-bond acceptors (Lipinski definition) is 3. The molecule has 5 nitrogen and oxygen atoms in total. The zero-order chi connectivity index (χ0) is 10.4. The van der Waals surface area contributed by atoms with Crippen LogP contribution < -0.4 is 11.1 Å². The largest absolute Gasteiger partial charge is 0.480 e. The van der Waals surface area contributed by atoms with E-state index in [0.29, 0.717) is 0 Å². The maximum absolute atomic E-state index is 11.0. The Kier molecular flexibility index (Phi) is 5.06. The van der Waals surface area contributed by atoms with Crippen molar-refractivity contribution in [2.45, 2.75) is 26.3 Å². The zero-order valence-electron chi connectivity index (χ0n) is 7.91. The average molecular weight is 188 g/mol. The summed E-state index contributed by atoms with van der Waals surface area (Å²) >= 11 is 0. The van der Waals surface area contributed by atoms with Crippen molar-refractivity contribution in [1.82, 2.24) is 5.32 Å². The van der Waals surface area contributed by atoms with E-state index >= 15 is 0 Å². The molecule has 1 atom stereocenters. The fourth-order valence-corrected chi connectivity index (χ4v) is 0.696. The molecule has 0 aliphatic rings. The fraction of sp³-hybridized carbons (Fsp3) is 0.750. The van der Waals surface area contributed by atoms with Crippen molar-refractivity contribution in [3.8, 4) is 0 Å². The van der Waals surface area contributed by atoms with Crippen LogP contribution in [0.1, 0.15) is 20.3 Å². The van der Waals surface area contributed by atoms with E-state index in [1.165, 1.54) is 0 Å². The van der Waals surface area contributed by atoms with Crippen molar-refractivity contribution in [2.24, 2.45) is 11.7 Å². The van der Waals surface area contributed by atoms with Crippen LogP contribution in [0.5, 0.6) is 0 Å². The average Bonchev–Trinajstić information content (AvgIpc) is 2.00. The predicted molar refractivity (Wildman–Crippen MR) is 48.1 cm³/mol. The predicted octanol–water partition coefficient (Wildman–Crippen LogP) is -0.439. The molecule has 0 aliphatic carbocycles. The number of hydrogen-bond donors (Lipinski definition) is 3. The van der Waals surface area contributed by atoms with Crippen LogP contribution in [0.25, 0.3) is 0 Å². The van der Waals surface area contributed by atoms with Crippen molar-refractivity contribution < 1.29 is 14.7 Å². The SMILES string of the molecule is CC(C)C(N)CC(=O)NCC(=O)O. The highest BCUT2D eigenvalue weighted by atomic mass is 16.4. The molecule has 0 aromatic heterocycles. The molecule has 0 heterocycles. The molecule has 0 saturated carbocycles. The van der Waals surface area contributed by atoms with Gasteiger partial charge in [0.25, 0.3) is 0 Å². The van der Waals surface area contributed by atoms with Gasteiger partial charge in [-0.15, -0.1) is 0 Å². The quantitative estimate of drug-likeness (QED) is 0.545. The van der Waals surface area contributed by atoms with Crippen LogP contribution in [0.2, 0.25) is 0 Å². The molecule has 1 unspecified atom stereocenters. The van der Waals surface area contributed by atoms with E-state index in [4.69, 9.17) is 10.8 Å². The Hall–Kier alpha value is -1.10. The number of aliphatic carboxylic acids is 1. The van der Waals surface area contributed by atoms with Crippen LogP contribution in [0.4, 0.5) is 0 Å². The Bertz CT molecular complexity index is 192. The Morgan fingerprint density at radius 2 is 2.00 bits per heavy atom. The number of rotatable bonds is 5. The summed E-state index contributed by atoms with van der Waals surface area (Å²) in [6.07, 6.45) is 0.172. The van der Waals surface area contributed by atoms with Crippen LogP contribution in [-0.4, -0.2) is 29.6 Å². The molecule has 76 valence electrons. The first-order valence-electron chi connectivity index (χ1n) is 4.17. The van der Waals surface area contributed by atoms with Gasteiger partial charge in [-0.25, -0.2) is 0 Å². The van der Waals surface area contributed by atoms with Gasteiger partial charge in [-0.1, -0.05) is 13.8 Å². The van der Waals surface area contributed by atoms with Crippen LogP contribution >= 0.6 is 0 Å². The van der Waals surface area contributed by atoms with Gasteiger partial charge in [0.15, 0.2) is 0 Å². The van der Waals surface area contributed by atoms with E-state index in [1.807, 2.05) is 13.8 Å². The van der Waals surface area contributed by atoms with E-state index in [-0.39, 0.29) is 30.8 Å². The minimum atomic E-state index is -1.05. The van der Waals surface area contributed by atoms with Crippen LogP contribution in [0.15, 0.2) is 0 Å². The van der Waals surface area contributed by atoms with Crippen molar-refractivity contribution in [3.63, 3.8) is 0 Å². The lowest BCUT2D eigenvalue weighted by Crippen LogP contribution is -2.36. The van der Waals surface area contributed by atoms with Crippen molar-refractivity contribution >= 4 is 11.9 Å². The highest BCUT2D eigenvalue weighted by Crippen LogP contribution is 2.01. The standard InChI is InChI=1S/C8H16N2O3/c1-5(2)6(9)3-7(11)10-4-8(12)13/h5-6H,3-4,9H2,1-2H3,(H,10,11)(H,12,13). The number of carbonyl (C=O) groups is 2. The molecule has 0 fully saturated rings. The van der Waals surface area contributed by atoms with E-state index in [2.05, 4.69) is 5.32 Å². The number of carboxylic acid groups (broad SMARTS) is 1. The molecular weight excluding hydrogens is 172 g/mol. The molecule has 0 aromatic rings. The van der Waals surface area contributed by atoms with Gasteiger partial charge in [-0.2, -0.15) is 0 Å². The highest BCUT2D eigenvalue weighted by Gasteiger charge is 2.12. The summed E-state index contributed by atoms with van der Waals surface area (Å²) in [5, 5.41) is 10.5. The third-order valence-corrected chi connectivity index (χ3v) is 1.71. The van der Waals surface area contributed by atoms with Gasteiger partial charge in [0.2, 0.25) is 5.91 Å². The number of nitrogens with two attached hydrogens (primary N) is 1. The van der Waals surface area contributed by atoms with Gasteiger partial charge in [-0.05, 0) is 5.92 Å². The van der Waals surface area contributed by atoms with Crippen LogP contribution in [-0.2, 0) is 9.59 Å². The maximum atomic E-state index is 11.0. The molecule has 5 heteroatoms. The molecular formula is C8H16N2O3. The Morgan fingerprint density at radius 1 is 1.46 bits per heavy atom. The normalized spacial score (nSPS) is 12.6. The smallest absolute Gasteiger partial charge is 0.322 e. The second-order valence-electron chi connectivity index (χ2n) is 3.28. The van der Waals surface area contributed by atoms with Gasteiger partial charge in [0, 0.05) is 12.5 Å². The molecule has 13 heavy (non-hydrogen) atoms. The number of carboxylic acids is 1. The second-order valence-corrected chi connectivity index (χ2v) is 3.28.